The van der Waals surface area contributed by atoms with Crippen molar-refractivity contribution in [3.8, 4) is 5.88 Å². The molecular weight excluding hydrogens is 274 g/mol. The van der Waals surface area contributed by atoms with Crippen molar-refractivity contribution in [2.45, 2.75) is 19.4 Å². The monoisotopic (exact) mass is 295 g/mol. The Bertz CT molecular complexity index is 572. The van der Waals surface area contributed by atoms with E-state index in [0.717, 1.165) is 19.4 Å². The first-order valence-corrected chi connectivity index (χ1v) is 6.85. The summed E-state index contributed by atoms with van der Waals surface area (Å²) in [6.45, 7) is 2.68. The predicted molar refractivity (Wildman–Crippen MR) is 78.2 cm³/mol. The molecule has 116 valence electrons. The van der Waals surface area contributed by atoms with Crippen LogP contribution in [0.25, 0.3) is 11.2 Å². The summed E-state index contributed by atoms with van der Waals surface area (Å²) >= 11 is 0. The summed E-state index contributed by atoms with van der Waals surface area (Å²) in [6.07, 6.45) is 3.31. The van der Waals surface area contributed by atoms with Gasteiger partial charge in [-0.3, -0.25) is 4.57 Å². The Balaban J connectivity index is 1.91. The first kappa shape index (κ1) is 15.5. The van der Waals surface area contributed by atoms with Crippen LogP contribution >= 0.6 is 0 Å². The highest BCUT2D eigenvalue weighted by molar-refractivity contribution is 5.78. The number of aryl methyl sites for hydroxylation is 1. The van der Waals surface area contributed by atoms with Crippen LogP contribution in [0.4, 0.5) is 5.95 Å². The lowest BCUT2D eigenvalue weighted by Gasteiger charge is -2.06. The van der Waals surface area contributed by atoms with Gasteiger partial charge < -0.3 is 19.9 Å². The highest BCUT2D eigenvalue weighted by Crippen LogP contribution is 2.22. The number of nitrogen functional groups attached to an aromatic ring is 1. The van der Waals surface area contributed by atoms with Crippen LogP contribution in [0.1, 0.15) is 12.8 Å². The summed E-state index contributed by atoms with van der Waals surface area (Å²) in [5.74, 6) is 0.859. The third kappa shape index (κ3) is 3.79. The van der Waals surface area contributed by atoms with Crippen LogP contribution in [0.3, 0.4) is 0 Å². The van der Waals surface area contributed by atoms with Crippen LogP contribution < -0.4 is 10.5 Å². The second-order valence-corrected chi connectivity index (χ2v) is 4.49. The minimum atomic E-state index is 0.420. The zero-order valence-electron chi connectivity index (χ0n) is 12.4. The van der Waals surface area contributed by atoms with Crippen LogP contribution in [0.2, 0.25) is 0 Å². The molecule has 2 heterocycles. The highest BCUT2D eigenvalue weighted by atomic mass is 16.5. The van der Waals surface area contributed by atoms with Gasteiger partial charge in [-0.25, -0.2) is 9.97 Å². The van der Waals surface area contributed by atoms with Gasteiger partial charge in [0.25, 0.3) is 0 Å². The van der Waals surface area contributed by atoms with Gasteiger partial charge in [-0.2, -0.15) is 4.98 Å². The Kier molecular flexibility index (Phi) is 5.70. The highest BCUT2D eigenvalue weighted by Gasteiger charge is 2.13. The normalized spacial score (nSPS) is 11.1. The summed E-state index contributed by atoms with van der Waals surface area (Å²) in [5.41, 5.74) is 7.22. The minimum Gasteiger partial charge on any atom is -0.479 e. The second kappa shape index (κ2) is 7.75. The average molecular weight is 295 g/mol. The fraction of sp³-hybridized carbons (Fsp3) is 0.615. The summed E-state index contributed by atoms with van der Waals surface area (Å²) < 4.78 is 17.4. The molecule has 0 radical (unpaired) electrons. The zero-order chi connectivity index (χ0) is 15.1. The van der Waals surface area contributed by atoms with Crippen molar-refractivity contribution in [3.63, 3.8) is 0 Å². The number of ether oxygens (including phenoxy) is 3. The number of hydrogen-bond acceptors (Lipinski definition) is 7. The SMILES string of the molecule is COCCOCCCCn1c(N)nc2c(OC)ncnc21. The van der Waals surface area contributed by atoms with Crippen molar-refractivity contribution in [2.75, 3.05) is 39.8 Å². The molecule has 0 atom stereocenters. The predicted octanol–water partition coefficient (Wildman–Crippen LogP) is 0.860. The van der Waals surface area contributed by atoms with Gasteiger partial charge in [0, 0.05) is 20.3 Å². The number of methoxy groups -OCH3 is 2. The average Bonchev–Trinajstić information content (AvgIpc) is 2.82. The van der Waals surface area contributed by atoms with E-state index in [2.05, 4.69) is 15.0 Å². The molecule has 0 saturated carbocycles. The van der Waals surface area contributed by atoms with Gasteiger partial charge in [0.2, 0.25) is 11.8 Å². The molecule has 0 aromatic carbocycles. The first-order valence-electron chi connectivity index (χ1n) is 6.85. The summed E-state index contributed by atoms with van der Waals surface area (Å²) in [7, 11) is 3.21. The Morgan fingerprint density at radius 1 is 1.14 bits per heavy atom. The molecule has 0 fully saturated rings. The molecular formula is C13H21N5O3. The second-order valence-electron chi connectivity index (χ2n) is 4.49. The Morgan fingerprint density at radius 3 is 2.76 bits per heavy atom. The number of aromatic nitrogens is 4. The molecule has 2 aromatic heterocycles. The molecule has 8 heteroatoms. The van der Waals surface area contributed by atoms with Gasteiger partial charge in [0.05, 0.1) is 20.3 Å². The third-order valence-electron chi connectivity index (χ3n) is 3.07. The van der Waals surface area contributed by atoms with Crippen LogP contribution in [0.5, 0.6) is 5.88 Å². The Hall–Kier alpha value is -1.93. The molecule has 0 aliphatic heterocycles. The smallest absolute Gasteiger partial charge is 0.245 e. The lowest BCUT2D eigenvalue weighted by Crippen LogP contribution is -2.07. The van der Waals surface area contributed by atoms with Crippen molar-refractivity contribution in [2.24, 2.45) is 0 Å². The van der Waals surface area contributed by atoms with Gasteiger partial charge in [-0.1, -0.05) is 0 Å². The maximum absolute atomic E-state index is 5.94. The van der Waals surface area contributed by atoms with E-state index >= 15 is 0 Å². The molecule has 0 aliphatic rings. The Labute approximate surface area is 123 Å². The van der Waals surface area contributed by atoms with E-state index in [0.29, 0.717) is 42.8 Å². The van der Waals surface area contributed by atoms with Crippen LogP contribution in [0, 0.1) is 0 Å². The van der Waals surface area contributed by atoms with Crippen molar-refractivity contribution in [3.05, 3.63) is 6.33 Å². The van der Waals surface area contributed by atoms with E-state index < -0.39 is 0 Å². The van der Waals surface area contributed by atoms with Crippen LogP contribution in [-0.2, 0) is 16.0 Å². The summed E-state index contributed by atoms with van der Waals surface area (Å²) in [4.78, 5) is 12.5. The lowest BCUT2D eigenvalue weighted by molar-refractivity contribution is 0.0684. The number of anilines is 1. The third-order valence-corrected chi connectivity index (χ3v) is 3.07. The molecule has 0 bridgehead atoms. The molecule has 2 N–H and O–H groups in total. The van der Waals surface area contributed by atoms with Crippen molar-refractivity contribution in [1.82, 2.24) is 19.5 Å². The topological polar surface area (TPSA) is 97.3 Å². The van der Waals surface area contributed by atoms with Crippen LogP contribution in [-0.4, -0.2) is 53.6 Å². The Morgan fingerprint density at radius 2 is 2.00 bits per heavy atom. The molecule has 0 saturated heterocycles. The van der Waals surface area contributed by atoms with Gasteiger partial charge in [-0.15, -0.1) is 0 Å². The first-order chi connectivity index (χ1) is 10.3. The number of imidazole rings is 1. The number of rotatable bonds is 9. The van der Waals surface area contributed by atoms with E-state index in [1.165, 1.54) is 6.33 Å². The molecule has 2 rings (SSSR count). The number of nitrogens with zero attached hydrogens (tertiary/aromatic N) is 4. The van der Waals surface area contributed by atoms with Crippen LogP contribution in [0.15, 0.2) is 6.33 Å². The quantitative estimate of drug-likeness (QED) is 0.685. The standard InChI is InChI=1S/C13H21N5O3/c1-19-7-8-21-6-4-3-5-18-11-10(17-13(18)14)12(20-2)16-9-15-11/h9H,3-8H2,1-2H3,(H2,14,17). The number of nitrogens with two attached hydrogens (primary N) is 1. The van der Waals surface area contributed by atoms with Crippen molar-refractivity contribution < 1.29 is 14.2 Å². The fourth-order valence-electron chi connectivity index (χ4n) is 2.02. The zero-order valence-corrected chi connectivity index (χ0v) is 12.4. The fourth-order valence-corrected chi connectivity index (χ4v) is 2.02. The molecule has 21 heavy (non-hydrogen) atoms. The van der Waals surface area contributed by atoms with Gasteiger partial charge in [0.1, 0.15) is 6.33 Å². The molecule has 0 amide bonds. The lowest BCUT2D eigenvalue weighted by atomic mass is 10.3. The van der Waals surface area contributed by atoms with E-state index in [-0.39, 0.29) is 0 Å². The molecule has 0 unspecified atom stereocenters. The van der Waals surface area contributed by atoms with Gasteiger partial charge >= 0.3 is 0 Å². The molecule has 8 nitrogen and oxygen atoms in total. The van der Waals surface area contributed by atoms with E-state index in [9.17, 15) is 0 Å². The van der Waals surface area contributed by atoms with Crippen molar-refractivity contribution in [1.29, 1.82) is 0 Å². The maximum Gasteiger partial charge on any atom is 0.245 e. The maximum atomic E-state index is 5.94. The number of unbranched alkanes of at least 4 members (excludes halogenated alkanes) is 1. The van der Waals surface area contributed by atoms with Gasteiger partial charge in [-0.05, 0) is 12.8 Å². The molecule has 0 aliphatic carbocycles. The van der Waals surface area contributed by atoms with Crippen molar-refractivity contribution >= 4 is 17.1 Å². The van der Waals surface area contributed by atoms with E-state index in [1.807, 2.05) is 4.57 Å². The van der Waals surface area contributed by atoms with E-state index in [1.54, 1.807) is 14.2 Å². The number of hydrogen-bond donors (Lipinski definition) is 1. The summed E-state index contributed by atoms with van der Waals surface area (Å²) in [6, 6.07) is 0. The number of fused-ring (bicyclic) bond motifs is 1. The molecule has 0 spiro atoms. The molecule has 2 aromatic rings. The summed E-state index contributed by atoms with van der Waals surface area (Å²) in [5, 5.41) is 0. The minimum absolute atomic E-state index is 0.420. The largest absolute Gasteiger partial charge is 0.479 e. The van der Waals surface area contributed by atoms with Gasteiger partial charge in [0.15, 0.2) is 11.2 Å². The van der Waals surface area contributed by atoms with E-state index in [4.69, 9.17) is 19.9 Å².